The molecule has 1 saturated carbocycles. The fourth-order valence-corrected chi connectivity index (χ4v) is 1.99. The second-order valence-electron chi connectivity index (χ2n) is 3.98. The number of imidazole rings is 1. The second-order valence-corrected chi connectivity index (χ2v) is 3.98. The summed E-state index contributed by atoms with van der Waals surface area (Å²) in [5.41, 5.74) is 1.11. The Morgan fingerprint density at radius 1 is 1.27 bits per heavy atom. The minimum atomic E-state index is 0.655. The SMILES string of the molecule is c1cncc(-c2nccn2C2CCC2)c1. The summed E-state index contributed by atoms with van der Waals surface area (Å²) in [6.07, 6.45) is 11.5. The van der Waals surface area contributed by atoms with E-state index in [0.29, 0.717) is 6.04 Å². The molecule has 1 fully saturated rings. The monoisotopic (exact) mass is 199 g/mol. The van der Waals surface area contributed by atoms with Gasteiger partial charge in [0.2, 0.25) is 0 Å². The summed E-state index contributed by atoms with van der Waals surface area (Å²) in [6, 6.07) is 4.67. The standard InChI is InChI=1S/C12H13N3/c1-4-11(5-1)15-8-7-14-12(15)10-3-2-6-13-9-10/h2-3,6-9,11H,1,4-5H2. The Kier molecular flexibility index (Phi) is 2.02. The van der Waals surface area contributed by atoms with Crippen molar-refractivity contribution in [3.63, 3.8) is 0 Å². The highest BCUT2D eigenvalue weighted by Gasteiger charge is 2.21. The smallest absolute Gasteiger partial charge is 0.141 e. The van der Waals surface area contributed by atoms with Crippen molar-refractivity contribution in [1.82, 2.24) is 14.5 Å². The Balaban J connectivity index is 2.01. The number of hydrogen-bond donors (Lipinski definition) is 0. The third-order valence-electron chi connectivity index (χ3n) is 3.06. The maximum Gasteiger partial charge on any atom is 0.141 e. The van der Waals surface area contributed by atoms with Crippen LogP contribution in [0.15, 0.2) is 36.9 Å². The van der Waals surface area contributed by atoms with E-state index in [2.05, 4.69) is 26.8 Å². The molecule has 0 saturated heterocycles. The van der Waals surface area contributed by atoms with Gasteiger partial charge in [-0.15, -0.1) is 0 Å². The van der Waals surface area contributed by atoms with Crippen LogP contribution in [-0.2, 0) is 0 Å². The highest BCUT2D eigenvalue weighted by molar-refractivity contribution is 5.53. The van der Waals surface area contributed by atoms with Crippen molar-refractivity contribution < 1.29 is 0 Å². The zero-order chi connectivity index (χ0) is 10.1. The summed E-state index contributed by atoms with van der Waals surface area (Å²) in [5.74, 6) is 1.05. The Morgan fingerprint density at radius 2 is 2.20 bits per heavy atom. The average Bonchev–Trinajstić information content (AvgIpc) is 2.65. The molecule has 2 aromatic rings. The van der Waals surface area contributed by atoms with Gasteiger partial charge in [-0.25, -0.2) is 4.98 Å². The van der Waals surface area contributed by atoms with Gasteiger partial charge < -0.3 is 4.57 Å². The van der Waals surface area contributed by atoms with Crippen LogP contribution < -0.4 is 0 Å². The van der Waals surface area contributed by atoms with Crippen molar-refractivity contribution in [2.45, 2.75) is 25.3 Å². The summed E-state index contributed by atoms with van der Waals surface area (Å²) in [7, 11) is 0. The zero-order valence-corrected chi connectivity index (χ0v) is 8.50. The molecule has 1 aliphatic rings. The highest BCUT2D eigenvalue weighted by atomic mass is 15.1. The van der Waals surface area contributed by atoms with Crippen molar-refractivity contribution in [2.75, 3.05) is 0 Å². The predicted octanol–water partition coefficient (Wildman–Crippen LogP) is 2.67. The van der Waals surface area contributed by atoms with E-state index < -0.39 is 0 Å². The molecule has 0 radical (unpaired) electrons. The molecule has 1 aliphatic carbocycles. The first-order valence-corrected chi connectivity index (χ1v) is 5.38. The zero-order valence-electron chi connectivity index (χ0n) is 8.50. The Hall–Kier alpha value is -1.64. The Labute approximate surface area is 88.8 Å². The largest absolute Gasteiger partial charge is 0.328 e. The number of nitrogens with zero attached hydrogens (tertiary/aromatic N) is 3. The van der Waals surface area contributed by atoms with Gasteiger partial charge >= 0.3 is 0 Å². The van der Waals surface area contributed by atoms with Crippen LogP contribution in [0.25, 0.3) is 11.4 Å². The van der Waals surface area contributed by atoms with Crippen LogP contribution in [0.4, 0.5) is 0 Å². The molecule has 0 spiro atoms. The Bertz CT molecular complexity index is 443. The molecule has 0 aliphatic heterocycles. The van der Waals surface area contributed by atoms with Crippen LogP contribution in [0, 0.1) is 0 Å². The lowest BCUT2D eigenvalue weighted by molar-refractivity contribution is 0.316. The van der Waals surface area contributed by atoms with Crippen molar-refractivity contribution in [3.8, 4) is 11.4 Å². The van der Waals surface area contributed by atoms with Crippen LogP contribution in [-0.4, -0.2) is 14.5 Å². The highest BCUT2D eigenvalue weighted by Crippen LogP contribution is 2.34. The minimum Gasteiger partial charge on any atom is -0.328 e. The molecule has 0 amide bonds. The molecule has 76 valence electrons. The van der Waals surface area contributed by atoms with E-state index in [1.807, 2.05) is 18.5 Å². The van der Waals surface area contributed by atoms with Crippen molar-refractivity contribution in [2.24, 2.45) is 0 Å². The fraction of sp³-hybridized carbons (Fsp3) is 0.333. The first-order chi connectivity index (χ1) is 7.45. The van der Waals surface area contributed by atoms with E-state index in [0.717, 1.165) is 11.4 Å². The first-order valence-electron chi connectivity index (χ1n) is 5.38. The van der Waals surface area contributed by atoms with Gasteiger partial charge in [-0.1, -0.05) is 0 Å². The van der Waals surface area contributed by atoms with Crippen molar-refractivity contribution in [3.05, 3.63) is 36.9 Å². The fourth-order valence-electron chi connectivity index (χ4n) is 1.99. The van der Waals surface area contributed by atoms with Gasteiger partial charge in [0.1, 0.15) is 5.82 Å². The van der Waals surface area contributed by atoms with Gasteiger partial charge in [-0.2, -0.15) is 0 Å². The predicted molar refractivity (Wildman–Crippen MR) is 58.3 cm³/mol. The van der Waals surface area contributed by atoms with Crippen molar-refractivity contribution in [1.29, 1.82) is 0 Å². The molecule has 0 atom stereocenters. The minimum absolute atomic E-state index is 0.655. The normalized spacial score (nSPS) is 16.3. The summed E-state index contributed by atoms with van der Waals surface area (Å²) in [6.45, 7) is 0. The number of pyridine rings is 1. The van der Waals surface area contributed by atoms with Gasteiger partial charge in [-0.05, 0) is 31.4 Å². The molecule has 3 heteroatoms. The van der Waals surface area contributed by atoms with Gasteiger partial charge in [0.25, 0.3) is 0 Å². The maximum atomic E-state index is 4.41. The maximum absolute atomic E-state index is 4.41. The third-order valence-corrected chi connectivity index (χ3v) is 3.06. The summed E-state index contributed by atoms with van der Waals surface area (Å²) < 4.78 is 2.28. The lowest BCUT2D eigenvalue weighted by Gasteiger charge is -2.28. The molecule has 0 aromatic carbocycles. The van der Waals surface area contributed by atoms with Crippen LogP contribution in [0.3, 0.4) is 0 Å². The van der Waals surface area contributed by atoms with E-state index in [1.165, 1.54) is 19.3 Å². The van der Waals surface area contributed by atoms with Gasteiger partial charge in [0.15, 0.2) is 0 Å². The van der Waals surface area contributed by atoms with E-state index in [-0.39, 0.29) is 0 Å². The van der Waals surface area contributed by atoms with Gasteiger partial charge in [0, 0.05) is 36.4 Å². The third kappa shape index (κ3) is 1.44. The van der Waals surface area contributed by atoms with E-state index >= 15 is 0 Å². The second kappa shape index (κ2) is 3.50. The van der Waals surface area contributed by atoms with Crippen LogP contribution in [0.1, 0.15) is 25.3 Å². The molecular formula is C12H13N3. The lowest BCUT2D eigenvalue weighted by atomic mass is 9.92. The van der Waals surface area contributed by atoms with E-state index in [9.17, 15) is 0 Å². The molecule has 0 unspecified atom stereocenters. The topological polar surface area (TPSA) is 30.7 Å². The molecule has 15 heavy (non-hydrogen) atoms. The van der Waals surface area contributed by atoms with Gasteiger partial charge in [-0.3, -0.25) is 4.98 Å². The molecular weight excluding hydrogens is 186 g/mol. The molecule has 0 bridgehead atoms. The molecule has 0 N–H and O–H groups in total. The van der Waals surface area contributed by atoms with Crippen molar-refractivity contribution >= 4 is 0 Å². The lowest BCUT2D eigenvalue weighted by Crippen LogP contribution is -2.17. The summed E-state index contributed by atoms with van der Waals surface area (Å²) in [4.78, 5) is 8.54. The summed E-state index contributed by atoms with van der Waals surface area (Å²) in [5, 5.41) is 0. The molecule has 2 aromatic heterocycles. The Morgan fingerprint density at radius 3 is 2.87 bits per heavy atom. The number of aromatic nitrogens is 3. The van der Waals surface area contributed by atoms with Gasteiger partial charge in [0.05, 0.1) is 0 Å². The number of rotatable bonds is 2. The number of hydrogen-bond acceptors (Lipinski definition) is 2. The van der Waals surface area contributed by atoms with Crippen LogP contribution >= 0.6 is 0 Å². The molecule has 3 nitrogen and oxygen atoms in total. The van der Waals surface area contributed by atoms with Crippen LogP contribution in [0.5, 0.6) is 0 Å². The molecule has 3 rings (SSSR count). The molecule has 2 heterocycles. The quantitative estimate of drug-likeness (QED) is 0.744. The van der Waals surface area contributed by atoms with E-state index in [1.54, 1.807) is 6.20 Å². The average molecular weight is 199 g/mol. The van der Waals surface area contributed by atoms with Crippen LogP contribution in [0.2, 0.25) is 0 Å². The van der Waals surface area contributed by atoms with E-state index in [4.69, 9.17) is 0 Å². The first kappa shape index (κ1) is 8.65. The summed E-state index contributed by atoms with van der Waals surface area (Å²) >= 11 is 0.